The lowest BCUT2D eigenvalue weighted by molar-refractivity contribution is -0.140. The summed E-state index contributed by atoms with van der Waals surface area (Å²) in [7, 11) is 0. The summed E-state index contributed by atoms with van der Waals surface area (Å²) in [4.78, 5) is 32.4. The Bertz CT molecular complexity index is 883. The molecule has 2 aromatic rings. The molecule has 2 amide bonds. The van der Waals surface area contributed by atoms with Crippen LogP contribution in [0.1, 0.15) is 37.9 Å². The lowest BCUT2D eigenvalue weighted by atomic mass is 9.98. The second kappa shape index (κ2) is 9.68. The molecule has 4 atom stereocenters. The molecule has 4 N–H and O–H groups in total. The molecular weight excluding hydrogens is 400 g/mol. The van der Waals surface area contributed by atoms with E-state index in [0.717, 1.165) is 28.1 Å². The number of amides is 2. The van der Waals surface area contributed by atoms with Crippen molar-refractivity contribution in [3.05, 3.63) is 41.0 Å². The van der Waals surface area contributed by atoms with Gasteiger partial charge in [-0.05, 0) is 24.0 Å². The smallest absolute Gasteiger partial charge is 0.243 e. The average molecular weight is 431 g/mol. The van der Waals surface area contributed by atoms with Crippen LogP contribution in [0.2, 0.25) is 0 Å². The number of β-amino-alcohol motifs (C(OH)–C–C–N with tert-alkyl or cyclic N) is 1. The van der Waals surface area contributed by atoms with Gasteiger partial charge in [0, 0.05) is 19.5 Å². The van der Waals surface area contributed by atoms with Crippen molar-refractivity contribution in [3.8, 4) is 10.4 Å². The molecular formula is C22H30N4O3S. The number of carbonyl (C=O) groups excluding carboxylic acids is 2. The summed E-state index contributed by atoms with van der Waals surface area (Å²) in [5.41, 5.74) is 11.0. The fraction of sp³-hybridized carbons (Fsp3) is 0.500. The normalized spacial score (nSPS) is 20.8. The lowest BCUT2D eigenvalue weighted by Gasteiger charge is -2.28. The Morgan fingerprint density at radius 3 is 2.67 bits per heavy atom. The second-order valence-corrected chi connectivity index (χ2v) is 8.84. The number of carbonyl (C=O) groups is 2. The monoisotopic (exact) mass is 430 g/mol. The molecule has 0 saturated carbocycles. The van der Waals surface area contributed by atoms with Crippen molar-refractivity contribution < 1.29 is 14.7 Å². The van der Waals surface area contributed by atoms with Crippen molar-refractivity contribution in [2.45, 2.75) is 58.3 Å². The van der Waals surface area contributed by atoms with Crippen molar-refractivity contribution in [3.63, 3.8) is 0 Å². The zero-order valence-corrected chi connectivity index (χ0v) is 18.5. The summed E-state index contributed by atoms with van der Waals surface area (Å²) in [5, 5.41) is 13.0. The predicted molar refractivity (Wildman–Crippen MR) is 118 cm³/mol. The summed E-state index contributed by atoms with van der Waals surface area (Å²) < 4.78 is 0. The van der Waals surface area contributed by atoms with Crippen molar-refractivity contribution >= 4 is 23.2 Å². The Morgan fingerprint density at radius 2 is 2.07 bits per heavy atom. The molecule has 8 heteroatoms. The molecule has 162 valence electrons. The van der Waals surface area contributed by atoms with Gasteiger partial charge in [-0.1, -0.05) is 44.5 Å². The molecule has 1 aliphatic heterocycles. The first-order valence-electron chi connectivity index (χ1n) is 10.3. The van der Waals surface area contributed by atoms with E-state index in [1.807, 2.05) is 50.5 Å². The van der Waals surface area contributed by atoms with Crippen LogP contribution < -0.4 is 11.1 Å². The highest BCUT2D eigenvalue weighted by molar-refractivity contribution is 7.13. The van der Waals surface area contributed by atoms with Gasteiger partial charge in [0.1, 0.15) is 6.04 Å². The van der Waals surface area contributed by atoms with Crippen LogP contribution in [-0.2, 0) is 16.1 Å². The summed E-state index contributed by atoms with van der Waals surface area (Å²) in [6.45, 7) is 6.37. The number of nitrogens with two attached hydrogens (primary N) is 1. The Kier molecular flexibility index (Phi) is 7.23. The highest BCUT2D eigenvalue weighted by Gasteiger charge is 2.41. The topological polar surface area (TPSA) is 109 Å². The van der Waals surface area contributed by atoms with E-state index in [0.29, 0.717) is 6.54 Å². The first-order valence-corrected chi connectivity index (χ1v) is 11.2. The first kappa shape index (κ1) is 22.4. The van der Waals surface area contributed by atoms with Gasteiger partial charge in [0.15, 0.2) is 0 Å². The number of aliphatic hydroxyl groups is 1. The number of benzene rings is 1. The number of aryl methyl sites for hydroxylation is 1. The van der Waals surface area contributed by atoms with Crippen LogP contribution in [0, 0.1) is 12.8 Å². The van der Waals surface area contributed by atoms with E-state index >= 15 is 0 Å². The number of thiazole rings is 1. The zero-order chi connectivity index (χ0) is 21.8. The molecule has 1 aliphatic rings. The zero-order valence-electron chi connectivity index (χ0n) is 17.7. The van der Waals surface area contributed by atoms with Gasteiger partial charge in [-0.15, -0.1) is 11.3 Å². The molecule has 0 spiro atoms. The third kappa shape index (κ3) is 4.88. The van der Waals surface area contributed by atoms with Crippen molar-refractivity contribution in [2.75, 3.05) is 6.54 Å². The van der Waals surface area contributed by atoms with E-state index in [4.69, 9.17) is 5.73 Å². The molecule has 1 fully saturated rings. The van der Waals surface area contributed by atoms with E-state index < -0.39 is 18.2 Å². The van der Waals surface area contributed by atoms with E-state index in [-0.39, 0.29) is 30.7 Å². The highest BCUT2D eigenvalue weighted by Crippen LogP contribution is 2.27. The maximum atomic E-state index is 12.8. The van der Waals surface area contributed by atoms with Crippen molar-refractivity contribution in [1.82, 2.24) is 15.2 Å². The minimum Gasteiger partial charge on any atom is -0.391 e. The van der Waals surface area contributed by atoms with Gasteiger partial charge in [0.2, 0.25) is 11.8 Å². The molecule has 2 heterocycles. The molecule has 1 aromatic carbocycles. The van der Waals surface area contributed by atoms with Crippen LogP contribution in [0.5, 0.6) is 0 Å². The molecule has 1 saturated heterocycles. The minimum atomic E-state index is -0.712. The SMILES string of the molecule is CC[C@H](C)[C@H](N)C(=O)N1C[C@H](O)C[C@H]1C(=O)NCc1ccc(-c2scnc2C)cc1. The van der Waals surface area contributed by atoms with E-state index in [2.05, 4.69) is 10.3 Å². The number of likely N-dealkylation sites (tertiary alicyclic amines) is 1. The Hall–Kier alpha value is -2.29. The maximum absolute atomic E-state index is 12.8. The summed E-state index contributed by atoms with van der Waals surface area (Å²) in [6.07, 6.45) is 0.293. The Morgan fingerprint density at radius 1 is 1.37 bits per heavy atom. The van der Waals surface area contributed by atoms with Crippen molar-refractivity contribution in [2.24, 2.45) is 11.7 Å². The van der Waals surface area contributed by atoms with Crippen LogP contribution in [0.25, 0.3) is 10.4 Å². The molecule has 0 aliphatic carbocycles. The number of aromatic nitrogens is 1. The number of hydrogen-bond donors (Lipinski definition) is 3. The van der Waals surface area contributed by atoms with E-state index in [9.17, 15) is 14.7 Å². The van der Waals surface area contributed by atoms with Gasteiger partial charge in [-0.2, -0.15) is 0 Å². The van der Waals surface area contributed by atoms with Gasteiger partial charge < -0.3 is 21.1 Å². The van der Waals surface area contributed by atoms with Crippen LogP contribution >= 0.6 is 11.3 Å². The molecule has 0 bridgehead atoms. The quantitative estimate of drug-likeness (QED) is 0.623. The molecule has 30 heavy (non-hydrogen) atoms. The minimum absolute atomic E-state index is 0.0136. The highest BCUT2D eigenvalue weighted by atomic mass is 32.1. The fourth-order valence-corrected chi connectivity index (χ4v) is 4.47. The average Bonchev–Trinajstić information content (AvgIpc) is 3.36. The van der Waals surface area contributed by atoms with Crippen LogP contribution in [0.3, 0.4) is 0 Å². The summed E-state index contributed by atoms with van der Waals surface area (Å²) in [6, 6.07) is 6.62. The summed E-state index contributed by atoms with van der Waals surface area (Å²) >= 11 is 1.60. The third-order valence-corrected chi connectivity index (χ3v) is 6.81. The van der Waals surface area contributed by atoms with Crippen LogP contribution in [-0.4, -0.2) is 51.5 Å². The predicted octanol–water partition coefficient (Wildman–Crippen LogP) is 2.07. The van der Waals surface area contributed by atoms with Gasteiger partial charge in [0.05, 0.1) is 28.2 Å². The second-order valence-electron chi connectivity index (χ2n) is 7.99. The van der Waals surface area contributed by atoms with E-state index in [1.54, 1.807) is 11.3 Å². The molecule has 1 aromatic heterocycles. The van der Waals surface area contributed by atoms with Crippen molar-refractivity contribution in [1.29, 1.82) is 0 Å². The van der Waals surface area contributed by atoms with Gasteiger partial charge in [-0.3, -0.25) is 9.59 Å². The van der Waals surface area contributed by atoms with Crippen LogP contribution in [0.4, 0.5) is 0 Å². The molecule has 7 nitrogen and oxygen atoms in total. The Balaban J connectivity index is 1.62. The molecule has 3 rings (SSSR count). The Labute approximate surface area is 181 Å². The molecule has 0 radical (unpaired) electrons. The van der Waals surface area contributed by atoms with Gasteiger partial charge in [0.25, 0.3) is 0 Å². The molecule has 0 unspecified atom stereocenters. The number of hydrogen-bond acceptors (Lipinski definition) is 6. The summed E-state index contributed by atoms with van der Waals surface area (Å²) in [5.74, 6) is -0.524. The number of aliphatic hydroxyl groups excluding tert-OH is 1. The lowest BCUT2D eigenvalue weighted by Crippen LogP contribution is -2.52. The van der Waals surface area contributed by atoms with Gasteiger partial charge >= 0.3 is 0 Å². The number of nitrogens with one attached hydrogen (secondary N) is 1. The standard InChI is InChI=1S/C22H30N4O3S/c1-4-13(2)19(23)22(29)26-11-17(27)9-18(26)21(28)24-10-15-5-7-16(8-6-15)20-14(3)25-12-30-20/h5-8,12-13,17-19,27H,4,9-11,23H2,1-3H3,(H,24,28)/t13-,17+,18-,19-/m0/s1. The van der Waals surface area contributed by atoms with Gasteiger partial charge in [-0.25, -0.2) is 4.98 Å². The maximum Gasteiger partial charge on any atom is 0.243 e. The van der Waals surface area contributed by atoms with Crippen LogP contribution in [0.15, 0.2) is 29.8 Å². The number of nitrogens with zero attached hydrogens (tertiary/aromatic N) is 2. The number of rotatable bonds is 7. The largest absolute Gasteiger partial charge is 0.391 e. The third-order valence-electron chi connectivity index (χ3n) is 5.84. The van der Waals surface area contributed by atoms with E-state index in [1.165, 1.54) is 4.90 Å². The fourth-order valence-electron chi connectivity index (χ4n) is 3.65. The first-order chi connectivity index (χ1) is 14.3.